The number of halogens is 3. The summed E-state index contributed by atoms with van der Waals surface area (Å²) in [6.07, 6.45) is 5.82. The second-order valence-corrected chi connectivity index (χ2v) is 3.33. The first-order chi connectivity index (χ1) is 5.54. The minimum absolute atomic E-state index is 0. The topological polar surface area (TPSA) is 12.0 Å². The van der Waals surface area contributed by atoms with Crippen molar-refractivity contribution in [3.8, 4) is 12.3 Å². The van der Waals surface area contributed by atoms with Crippen molar-refractivity contribution in [2.45, 2.75) is 37.1 Å². The molecule has 13 heavy (non-hydrogen) atoms. The summed E-state index contributed by atoms with van der Waals surface area (Å²) in [5.41, 5.74) is -0.484. The third-order valence-electron chi connectivity index (χ3n) is 2.59. The summed E-state index contributed by atoms with van der Waals surface area (Å²) in [5, 5.41) is 2.94. The van der Waals surface area contributed by atoms with Crippen LogP contribution in [0.2, 0.25) is 0 Å². The van der Waals surface area contributed by atoms with Gasteiger partial charge < -0.3 is 5.32 Å². The lowest BCUT2D eigenvalue weighted by Crippen LogP contribution is -2.47. The van der Waals surface area contributed by atoms with Crippen LogP contribution in [0.3, 0.4) is 0 Å². The lowest BCUT2D eigenvalue weighted by atomic mass is 9.81. The monoisotopic (exact) mass is 209 g/mol. The Balaban J connectivity index is 0.00000144. The zero-order chi connectivity index (χ0) is 9.24. The fourth-order valence-corrected chi connectivity index (χ4v) is 1.51. The van der Waals surface area contributed by atoms with Gasteiger partial charge in [0.2, 0.25) is 5.92 Å². The van der Waals surface area contributed by atoms with Crippen molar-refractivity contribution in [3.63, 3.8) is 0 Å². The summed E-state index contributed by atoms with van der Waals surface area (Å²) in [5.74, 6) is 0.0576. The molecule has 0 spiro atoms. The Labute approximate surface area is 83.7 Å². The molecule has 0 heterocycles. The van der Waals surface area contributed by atoms with E-state index in [1.54, 1.807) is 7.05 Å². The van der Waals surface area contributed by atoms with Gasteiger partial charge in [-0.3, -0.25) is 0 Å². The molecule has 1 aliphatic rings. The predicted octanol–water partition coefficient (Wildman–Crippen LogP) is 2.21. The van der Waals surface area contributed by atoms with Gasteiger partial charge in [-0.2, -0.15) is 0 Å². The molecule has 0 saturated heterocycles. The number of rotatable bonds is 1. The molecule has 0 aromatic carbocycles. The molecule has 0 aromatic heterocycles. The minimum Gasteiger partial charge on any atom is -0.304 e. The number of nitrogens with one attached hydrogen (secondary N) is 1. The number of hydrogen-bond acceptors (Lipinski definition) is 1. The van der Waals surface area contributed by atoms with Crippen LogP contribution >= 0.6 is 12.4 Å². The van der Waals surface area contributed by atoms with Crippen LogP contribution < -0.4 is 5.32 Å². The molecule has 1 rings (SSSR count). The van der Waals surface area contributed by atoms with Gasteiger partial charge in [0.25, 0.3) is 0 Å². The van der Waals surface area contributed by atoms with Crippen LogP contribution in [0.1, 0.15) is 25.7 Å². The Morgan fingerprint density at radius 1 is 1.23 bits per heavy atom. The Morgan fingerprint density at radius 3 is 2.00 bits per heavy atom. The van der Waals surface area contributed by atoms with Gasteiger partial charge in [-0.05, 0) is 19.9 Å². The molecular formula is C9H14ClF2N. The Kier molecular flexibility index (Phi) is 4.15. The number of hydrogen-bond donors (Lipinski definition) is 1. The van der Waals surface area contributed by atoms with Crippen molar-refractivity contribution in [1.29, 1.82) is 0 Å². The van der Waals surface area contributed by atoms with E-state index in [1.165, 1.54) is 0 Å². The molecule has 76 valence electrons. The largest absolute Gasteiger partial charge is 0.304 e. The van der Waals surface area contributed by atoms with E-state index in [0.717, 1.165) is 0 Å². The van der Waals surface area contributed by atoms with Gasteiger partial charge in [0.1, 0.15) is 0 Å². The molecule has 0 atom stereocenters. The van der Waals surface area contributed by atoms with E-state index in [9.17, 15) is 8.78 Å². The molecular weight excluding hydrogens is 196 g/mol. The van der Waals surface area contributed by atoms with Crippen molar-refractivity contribution in [2.24, 2.45) is 0 Å². The van der Waals surface area contributed by atoms with E-state index >= 15 is 0 Å². The first-order valence-electron chi connectivity index (χ1n) is 4.08. The molecule has 4 heteroatoms. The summed E-state index contributed by atoms with van der Waals surface area (Å²) in [6, 6.07) is 0. The van der Waals surface area contributed by atoms with Crippen LogP contribution in [0.4, 0.5) is 8.78 Å². The van der Waals surface area contributed by atoms with E-state index in [0.29, 0.717) is 12.8 Å². The molecule has 1 fully saturated rings. The highest BCUT2D eigenvalue weighted by atomic mass is 35.5. The van der Waals surface area contributed by atoms with Gasteiger partial charge in [0.15, 0.2) is 0 Å². The normalized spacial score (nSPS) is 24.2. The first kappa shape index (κ1) is 12.7. The van der Waals surface area contributed by atoms with E-state index in [4.69, 9.17) is 6.42 Å². The molecule has 0 bridgehead atoms. The van der Waals surface area contributed by atoms with Gasteiger partial charge in [-0.15, -0.1) is 18.8 Å². The number of terminal acetylenes is 1. The van der Waals surface area contributed by atoms with Crippen molar-refractivity contribution >= 4 is 12.4 Å². The Bertz CT molecular complexity index is 200. The maximum Gasteiger partial charge on any atom is 0.248 e. The molecule has 1 N–H and O–H groups in total. The standard InChI is InChI=1S/C9H13F2N.ClH/c1-3-8(12-2)4-6-9(10,11)7-5-8;/h1,12H,4-7H2,2H3;1H. The van der Waals surface area contributed by atoms with E-state index in [1.807, 2.05) is 0 Å². The highest BCUT2D eigenvalue weighted by Gasteiger charge is 2.41. The first-order valence-corrected chi connectivity index (χ1v) is 4.08. The van der Waals surface area contributed by atoms with E-state index in [-0.39, 0.29) is 25.2 Å². The molecule has 0 aromatic rings. The summed E-state index contributed by atoms with van der Waals surface area (Å²) < 4.78 is 25.4. The SMILES string of the molecule is C#CC1(NC)CCC(F)(F)CC1.Cl. The Morgan fingerprint density at radius 2 is 1.69 bits per heavy atom. The fourth-order valence-electron chi connectivity index (χ4n) is 1.51. The molecule has 0 unspecified atom stereocenters. The van der Waals surface area contributed by atoms with Crippen LogP contribution in [0.25, 0.3) is 0 Å². The number of alkyl halides is 2. The summed E-state index contributed by atoms with van der Waals surface area (Å²) >= 11 is 0. The smallest absolute Gasteiger partial charge is 0.248 e. The molecule has 0 aliphatic heterocycles. The lowest BCUT2D eigenvalue weighted by Gasteiger charge is -2.35. The van der Waals surface area contributed by atoms with Crippen molar-refractivity contribution in [3.05, 3.63) is 0 Å². The van der Waals surface area contributed by atoms with Gasteiger partial charge in [0, 0.05) is 12.8 Å². The fraction of sp³-hybridized carbons (Fsp3) is 0.778. The molecule has 1 aliphatic carbocycles. The van der Waals surface area contributed by atoms with Crippen molar-refractivity contribution < 1.29 is 8.78 Å². The maximum absolute atomic E-state index is 12.7. The van der Waals surface area contributed by atoms with Gasteiger partial charge in [-0.1, -0.05) is 5.92 Å². The van der Waals surface area contributed by atoms with Crippen LogP contribution in [0.5, 0.6) is 0 Å². The zero-order valence-corrected chi connectivity index (χ0v) is 8.39. The maximum atomic E-state index is 12.7. The molecule has 0 amide bonds. The average Bonchev–Trinajstić information content (AvgIpc) is 2.06. The van der Waals surface area contributed by atoms with Crippen molar-refractivity contribution in [2.75, 3.05) is 7.05 Å². The second kappa shape index (κ2) is 4.26. The van der Waals surface area contributed by atoms with Gasteiger partial charge >= 0.3 is 0 Å². The quantitative estimate of drug-likeness (QED) is 0.653. The Hall–Kier alpha value is -0.330. The molecule has 1 saturated carbocycles. The lowest BCUT2D eigenvalue weighted by molar-refractivity contribution is -0.0472. The average molecular weight is 210 g/mol. The van der Waals surface area contributed by atoms with Gasteiger partial charge in [-0.25, -0.2) is 8.78 Å². The summed E-state index contributed by atoms with van der Waals surface area (Å²) in [7, 11) is 1.73. The third kappa shape index (κ3) is 2.82. The third-order valence-corrected chi connectivity index (χ3v) is 2.59. The summed E-state index contributed by atoms with van der Waals surface area (Å²) in [6.45, 7) is 0. The molecule has 0 radical (unpaired) electrons. The van der Waals surface area contributed by atoms with Crippen LogP contribution in [-0.2, 0) is 0 Å². The van der Waals surface area contributed by atoms with Gasteiger partial charge in [0.05, 0.1) is 5.54 Å². The van der Waals surface area contributed by atoms with E-state index < -0.39 is 11.5 Å². The minimum atomic E-state index is -2.50. The second-order valence-electron chi connectivity index (χ2n) is 3.33. The van der Waals surface area contributed by atoms with E-state index in [2.05, 4.69) is 11.2 Å². The van der Waals surface area contributed by atoms with Crippen LogP contribution in [-0.4, -0.2) is 18.5 Å². The van der Waals surface area contributed by atoms with Crippen LogP contribution in [0, 0.1) is 12.3 Å². The highest BCUT2D eigenvalue weighted by molar-refractivity contribution is 5.85. The van der Waals surface area contributed by atoms with Crippen LogP contribution in [0.15, 0.2) is 0 Å². The highest BCUT2D eigenvalue weighted by Crippen LogP contribution is 2.37. The molecule has 1 nitrogen and oxygen atoms in total. The zero-order valence-electron chi connectivity index (χ0n) is 7.57. The van der Waals surface area contributed by atoms with Crippen molar-refractivity contribution in [1.82, 2.24) is 5.32 Å². The predicted molar refractivity (Wildman–Crippen MR) is 51.3 cm³/mol. The summed E-state index contributed by atoms with van der Waals surface area (Å²) in [4.78, 5) is 0.